The lowest BCUT2D eigenvalue weighted by atomic mass is 9.88. The number of pyridine rings is 1. The molecule has 1 aromatic heterocycles. The van der Waals surface area contributed by atoms with Gasteiger partial charge >= 0.3 is 6.18 Å². The van der Waals surface area contributed by atoms with Crippen molar-refractivity contribution >= 4 is 21.3 Å². The molecule has 3 aromatic rings. The van der Waals surface area contributed by atoms with E-state index in [1.54, 1.807) is 12.3 Å². The number of benzene rings is 2. The van der Waals surface area contributed by atoms with E-state index in [1.807, 2.05) is 6.07 Å². The first kappa shape index (κ1) is 25.1. The molecular weight excluding hydrogens is 507 g/mol. The summed E-state index contributed by atoms with van der Waals surface area (Å²) in [6, 6.07) is 12.3. The summed E-state index contributed by atoms with van der Waals surface area (Å²) in [5.74, 6) is 0. The summed E-state index contributed by atoms with van der Waals surface area (Å²) in [5, 5.41) is 10.9. The summed E-state index contributed by atoms with van der Waals surface area (Å²) in [5.41, 5.74) is 3.79. The number of nitrogens with zero attached hydrogens (tertiary/aromatic N) is 3. The van der Waals surface area contributed by atoms with Crippen LogP contribution in [-0.2, 0) is 29.0 Å². The van der Waals surface area contributed by atoms with Crippen molar-refractivity contribution in [3.63, 3.8) is 0 Å². The van der Waals surface area contributed by atoms with E-state index in [-0.39, 0.29) is 23.7 Å². The van der Waals surface area contributed by atoms with Gasteiger partial charge in [-0.05, 0) is 72.7 Å². The molecule has 1 aliphatic heterocycles. The number of nitro groups is 1. The van der Waals surface area contributed by atoms with Crippen LogP contribution in [0.25, 0.3) is 5.57 Å². The number of hydrogen-bond donors (Lipinski definition) is 0. The highest BCUT2D eigenvalue weighted by molar-refractivity contribution is 7.89. The molecule has 1 saturated heterocycles. The molecule has 37 heavy (non-hydrogen) atoms. The minimum Gasteiger partial charge on any atom is -0.258 e. The maximum absolute atomic E-state index is 13.4. The molecule has 192 valence electrons. The topological polar surface area (TPSA) is 93.4 Å². The molecule has 1 fully saturated rings. The fraction of sp³-hybridized carbons (Fsp3) is 0.269. The highest BCUT2D eigenvalue weighted by atomic mass is 32.2. The Labute approximate surface area is 211 Å². The number of hydrogen-bond acceptors (Lipinski definition) is 5. The number of aryl methyl sites for hydroxylation is 2. The third kappa shape index (κ3) is 4.76. The minimum atomic E-state index is -4.45. The molecule has 7 nitrogen and oxygen atoms in total. The zero-order valence-electron chi connectivity index (χ0n) is 19.5. The summed E-state index contributed by atoms with van der Waals surface area (Å²) >= 11 is 0. The SMILES string of the molecule is O=[N+]([O-])c1ccc(S(=O)(=O)N2CCC(=C3c4ccc(C(F)(F)F)cc4CCc4cccnc43)CC2)cc1. The number of alkyl halides is 3. The molecule has 0 radical (unpaired) electrons. The summed E-state index contributed by atoms with van der Waals surface area (Å²) < 4.78 is 67.9. The molecule has 0 unspecified atom stereocenters. The smallest absolute Gasteiger partial charge is 0.258 e. The summed E-state index contributed by atoms with van der Waals surface area (Å²) in [7, 11) is -3.86. The maximum atomic E-state index is 13.4. The highest BCUT2D eigenvalue weighted by Crippen LogP contribution is 2.40. The number of sulfonamides is 1. The predicted molar refractivity (Wildman–Crippen MR) is 130 cm³/mol. The van der Waals surface area contributed by atoms with Gasteiger partial charge in [0.1, 0.15) is 0 Å². The molecule has 0 bridgehead atoms. The van der Waals surface area contributed by atoms with Gasteiger partial charge in [0.05, 0.1) is 21.1 Å². The van der Waals surface area contributed by atoms with Crippen molar-refractivity contribution in [1.82, 2.24) is 9.29 Å². The second-order valence-corrected chi connectivity index (χ2v) is 11.0. The van der Waals surface area contributed by atoms with E-state index in [9.17, 15) is 31.7 Å². The average Bonchev–Trinajstić information content (AvgIpc) is 3.05. The molecule has 2 aromatic carbocycles. The monoisotopic (exact) mass is 529 g/mol. The zero-order chi connectivity index (χ0) is 26.4. The van der Waals surface area contributed by atoms with Gasteiger partial charge in [-0.25, -0.2) is 8.42 Å². The number of fused-ring (bicyclic) bond motifs is 2. The van der Waals surface area contributed by atoms with Gasteiger partial charge in [-0.15, -0.1) is 0 Å². The van der Waals surface area contributed by atoms with E-state index in [0.717, 1.165) is 40.6 Å². The van der Waals surface area contributed by atoms with E-state index in [0.29, 0.717) is 36.8 Å². The Bertz CT molecular complexity index is 1510. The van der Waals surface area contributed by atoms with Crippen molar-refractivity contribution in [1.29, 1.82) is 0 Å². The summed E-state index contributed by atoms with van der Waals surface area (Å²) in [4.78, 5) is 14.9. The molecule has 0 atom stereocenters. The third-order valence-corrected chi connectivity index (χ3v) is 8.77. The molecule has 0 amide bonds. The van der Waals surface area contributed by atoms with Gasteiger partial charge in [-0.3, -0.25) is 15.1 Å². The predicted octanol–water partition coefficient (Wildman–Crippen LogP) is 5.39. The van der Waals surface area contributed by atoms with Gasteiger partial charge in [-0.1, -0.05) is 17.7 Å². The Kier molecular flexibility index (Phi) is 6.36. The second-order valence-electron chi connectivity index (χ2n) is 9.01. The van der Waals surface area contributed by atoms with Crippen LogP contribution >= 0.6 is 0 Å². The Morgan fingerprint density at radius 1 is 0.919 bits per heavy atom. The molecule has 2 heterocycles. The van der Waals surface area contributed by atoms with Gasteiger partial charge in [-0.2, -0.15) is 17.5 Å². The van der Waals surface area contributed by atoms with Crippen molar-refractivity contribution in [3.05, 3.63) is 104 Å². The van der Waals surface area contributed by atoms with Crippen molar-refractivity contribution in [2.24, 2.45) is 0 Å². The summed E-state index contributed by atoms with van der Waals surface area (Å²) in [6.45, 7) is 0.354. The van der Waals surface area contributed by atoms with E-state index < -0.39 is 26.7 Å². The fourth-order valence-electron chi connectivity index (χ4n) is 4.98. The van der Waals surface area contributed by atoms with Gasteiger partial charge in [0.25, 0.3) is 5.69 Å². The highest BCUT2D eigenvalue weighted by Gasteiger charge is 2.34. The van der Waals surface area contributed by atoms with Crippen LogP contribution in [0.1, 0.15) is 40.8 Å². The lowest BCUT2D eigenvalue weighted by molar-refractivity contribution is -0.384. The van der Waals surface area contributed by atoms with Crippen molar-refractivity contribution < 1.29 is 26.5 Å². The lowest BCUT2D eigenvalue weighted by Crippen LogP contribution is -2.36. The molecule has 2 aliphatic rings. The molecular formula is C26H22F3N3O4S. The number of halogens is 3. The van der Waals surface area contributed by atoms with Gasteiger partial charge in [0.2, 0.25) is 10.0 Å². The van der Waals surface area contributed by atoms with Crippen LogP contribution in [-0.4, -0.2) is 35.7 Å². The average molecular weight is 530 g/mol. The van der Waals surface area contributed by atoms with E-state index in [1.165, 1.54) is 28.6 Å². The first-order valence-electron chi connectivity index (χ1n) is 11.7. The Hall–Kier alpha value is -3.57. The second kappa shape index (κ2) is 9.38. The Morgan fingerprint density at radius 3 is 2.24 bits per heavy atom. The van der Waals surface area contributed by atoms with Gasteiger partial charge in [0, 0.05) is 37.0 Å². The molecule has 5 rings (SSSR count). The van der Waals surface area contributed by atoms with Gasteiger partial charge < -0.3 is 0 Å². The van der Waals surface area contributed by atoms with Crippen LogP contribution in [0.4, 0.5) is 18.9 Å². The summed E-state index contributed by atoms with van der Waals surface area (Å²) in [6.07, 6.45) is -1.03. The van der Waals surface area contributed by atoms with E-state index in [4.69, 9.17) is 0 Å². The van der Waals surface area contributed by atoms with Crippen LogP contribution in [0.2, 0.25) is 0 Å². The quantitative estimate of drug-likeness (QED) is 0.335. The molecule has 0 N–H and O–H groups in total. The zero-order valence-corrected chi connectivity index (χ0v) is 20.3. The van der Waals surface area contributed by atoms with Crippen LogP contribution in [0.3, 0.4) is 0 Å². The number of nitro benzene ring substituents is 1. The number of aromatic nitrogens is 1. The molecule has 0 spiro atoms. The van der Waals surface area contributed by atoms with Crippen LogP contribution < -0.4 is 0 Å². The Morgan fingerprint density at radius 2 is 1.59 bits per heavy atom. The normalized spacial score (nSPS) is 16.6. The van der Waals surface area contributed by atoms with E-state index >= 15 is 0 Å². The van der Waals surface area contributed by atoms with Crippen molar-refractivity contribution in [2.45, 2.75) is 36.8 Å². The fourth-order valence-corrected chi connectivity index (χ4v) is 6.42. The molecule has 1 aliphatic carbocycles. The first-order chi connectivity index (χ1) is 17.6. The Balaban J connectivity index is 1.50. The van der Waals surface area contributed by atoms with Gasteiger partial charge in [0.15, 0.2) is 0 Å². The number of piperidine rings is 1. The van der Waals surface area contributed by atoms with Crippen molar-refractivity contribution in [3.8, 4) is 0 Å². The number of non-ortho nitro benzene ring substituents is 1. The number of rotatable bonds is 3. The van der Waals surface area contributed by atoms with E-state index in [2.05, 4.69) is 4.98 Å². The van der Waals surface area contributed by atoms with Crippen LogP contribution in [0.5, 0.6) is 0 Å². The minimum absolute atomic E-state index is 0.0271. The largest absolute Gasteiger partial charge is 0.416 e. The molecule has 11 heteroatoms. The van der Waals surface area contributed by atoms with Crippen LogP contribution in [0, 0.1) is 10.1 Å². The lowest BCUT2D eigenvalue weighted by Gasteiger charge is -2.29. The van der Waals surface area contributed by atoms with Crippen molar-refractivity contribution in [2.75, 3.05) is 13.1 Å². The molecule has 0 saturated carbocycles. The van der Waals surface area contributed by atoms with Crippen LogP contribution in [0.15, 0.2) is 71.3 Å². The third-order valence-electron chi connectivity index (χ3n) is 6.86. The first-order valence-corrected chi connectivity index (χ1v) is 13.1. The maximum Gasteiger partial charge on any atom is 0.416 e. The standard InChI is InChI=1S/C26H22F3N3O4S/c27-26(28,29)20-5-10-23-19(16-20)4-3-18-2-1-13-30-25(18)24(23)17-11-14-31(15-12-17)37(35,36)22-8-6-21(7-9-22)32(33)34/h1-2,5-10,13,16H,3-4,11-12,14-15H2.